The fourth-order valence-corrected chi connectivity index (χ4v) is 4.23. The predicted molar refractivity (Wildman–Crippen MR) is 95.7 cm³/mol. The Bertz CT molecular complexity index is 1010. The Labute approximate surface area is 163 Å². The molecule has 138 valence electrons. The van der Waals surface area contributed by atoms with Crippen LogP contribution in [0.4, 0.5) is 19.3 Å². The second-order valence-electron chi connectivity index (χ2n) is 6.50. The molecule has 27 heavy (non-hydrogen) atoms. The Hall–Kier alpha value is -2.43. The standard InChI is InChI=1S/C18H12Cl2F2N4O/c19-11-4-13(21)14(5-12(11)20)25-18(27)26-9-1-2-15(26)16-8(6-23)7-24-17(22)10(16)3-9/h4-5,7,9,15H,1-3H2,(H,25,27). The summed E-state index contributed by atoms with van der Waals surface area (Å²) >= 11 is 11.7. The number of hydrogen-bond donors (Lipinski definition) is 1. The average Bonchev–Trinajstić information content (AvgIpc) is 2.95. The van der Waals surface area contributed by atoms with Crippen LogP contribution in [0.25, 0.3) is 0 Å². The number of carbonyl (C=O) groups is 1. The smallest absolute Gasteiger partial charge is 0.314 e. The Morgan fingerprint density at radius 2 is 2.04 bits per heavy atom. The van der Waals surface area contributed by atoms with Crippen LogP contribution in [0, 0.1) is 23.1 Å². The summed E-state index contributed by atoms with van der Waals surface area (Å²) < 4.78 is 28.3. The monoisotopic (exact) mass is 408 g/mol. The van der Waals surface area contributed by atoms with Gasteiger partial charge in [-0.05, 0) is 31.4 Å². The summed E-state index contributed by atoms with van der Waals surface area (Å²) in [6, 6.07) is 3.03. The first-order valence-electron chi connectivity index (χ1n) is 8.22. The molecule has 2 aliphatic rings. The quantitative estimate of drug-likeness (QED) is 0.542. The van der Waals surface area contributed by atoms with Crippen molar-refractivity contribution in [3.63, 3.8) is 0 Å². The van der Waals surface area contributed by atoms with Gasteiger partial charge in [0.2, 0.25) is 5.95 Å². The molecule has 1 N–H and O–H groups in total. The summed E-state index contributed by atoms with van der Waals surface area (Å²) in [6.45, 7) is 0. The molecule has 0 spiro atoms. The van der Waals surface area contributed by atoms with Crippen LogP contribution in [0.2, 0.25) is 10.0 Å². The molecule has 2 amide bonds. The van der Waals surface area contributed by atoms with Gasteiger partial charge in [0.25, 0.3) is 0 Å². The molecule has 1 saturated heterocycles. The number of rotatable bonds is 1. The lowest BCUT2D eigenvalue weighted by molar-refractivity contribution is 0.178. The maximum Gasteiger partial charge on any atom is 0.322 e. The van der Waals surface area contributed by atoms with Crippen LogP contribution in [0.5, 0.6) is 0 Å². The Balaban J connectivity index is 1.68. The molecule has 4 rings (SSSR count). The molecule has 0 radical (unpaired) electrons. The van der Waals surface area contributed by atoms with Crippen molar-refractivity contribution in [3.05, 3.63) is 56.8 Å². The average molecular weight is 409 g/mol. The molecule has 0 saturated carbocycles. The number of benzene rings is 1. The van der Waals surface area contributed by atoms with Gasteiger partial charge in [-0.25, -0.2) is 14.2 Å². The summed E-state index contributed by atoms with van der Waals surface area (Å²) in [7, 11) is 0. The Morgan fingerprint density at radius 3 is 2.78 bits per heavy atom. The number of nitriles is 1. The minimum atomic E-state index is -0.713. The van der Waals surface area contributed by atoms with Crippen molar-refractivity contribution in [2.45, 2.75) is 31.3 Å². The minimum Gasteiger partial charge on any atom is -0.314 e. The van der Waals surface area contributed by atoms with E-state index >= 15 is 0 Å². The van der Waals surface area contributed by atoms with Gasteiger partial charge < -0.3 is 10.2 Å². The van der Waals surface area contributed by atoms with Crippen molar-refractivity contribution in [3.8, 4) is 6.07 Å². The minimum absolute atomic E-state index is 0.0424. The molecular weight excluding hydrogens is 397 g/mol. The lowest BCUT2D eigenvalue weighted by atomic mass is 9.91. The molecule has 2 unspecified atom stereocenters. The maximum absolute atomic E-state index is 14.2. The number of anilines is 1. The number of amides is 2. The highest BCUT2D eigenvalue weighted by Gasteiger charge is 2.45. The van der Waals surface area contributed by atoms with Gasteiger partial charge in [-0.15, -0.1) is 0 Å². The number of pyridine rings is 1. The van der Waals surface area contributed by atoms with Gasteiger partial charge in [0.15, 0.2) is 0 Å². The third-order valence-corrected chi connectivity index (χ3v) is 5.78. The van der Waals surface area contributed by atoms with Gasteiger partial charge in [0.05, 0.1) is 27.3 Å². The van der Waals surface area contributed by atoms with Gasteiger partial charge in [-0.3, -0.25) is 0 Å². The number of aromatic nitrogens is 1. The lowest BCUT2D eigenvalue weighted by Gasteiger charge is -2.36. The summed E-state index contributed by atoms with van der Waals surface area (Å²) in [5, 5.41) is 12.0. The van der Waals surface area contributed by atoms with E-state index in [9.17, 15) is 18.8 Å². The zero-order valence-electron chi connectivity index (χ0n) is 13.8. The van der Waals surface area contributed by atoms with Crippen LogP contribution in [0.3, 0.4) is 0 Å². The molecule has 3 heterocycles. The van der Waals surface area contributed by atoms with E-state index in [-0.39, 0.29) is 33.8 Å². The number of carbonyl (C=O) groups excluding carboxylic acids is 1. The summed E-state index contributed by atoms with van der Waals surface area (Å²) in [4.78, 5) is 18.0. The van der Waals surface area contributed by atoms with E-state index in [1.165, 1.54) is 12.3 Å². The zero-order valence-corrected chi connectivity index (χ0v) is 15.3. The first kappa shape index (κ1) is 18.0. The topological polar surface area (TPSA) is 69.0 Å². The normalized spacial score (nSPS) is 20.2. The Morgan fingerprint density at radius 1 is 1.30 bits per heavy atom. The molecule has 2 atom stereocenters. The van der Waals surface area contributed by atoms with Crippen molar-refractivity contribution in [1.82, 2.24) is 9.88 Å². The van der Waals surface area contributed by atoms with Gasteiger partial charge in [0.1, 0.15) is 11.9 Å². The van der Waals surface area contributed by atoms with Crippen molar-refractivity contribution in [2.75, 3.05) is 5.32 Å². The van der Waals surface area contributed by atoms with Gasteiger partial charge in [0, 0.05) is 23.4 Å². The van der Waals surface area contributed by atoms with E-state index in [2.05, 4.69) is 10.3 Å². The molecule has 0 aliphatic carbocycles. The fraction of sp³-hybridized carbons (Fsp3) is 0.278. The number of hydrogen-bond acceptors (Lipinski definition) is 3. The van der Waals surface area contributed by atoms with E-state index in [4.69, 9.17) is 23.2 Å². The second kappa shape index (κ2) is 6.63. The van der Waals surface area contributed by atoms with Crippen LogP contribution in [-0.4, -0.2) is 22.0 Å². The molecule has 1 aromatic carbocycles. The van der Waals surface area contributed by atoms with Crippen molar-refractivity contribution in [2.24, 2.45) is 0 Å². The van der Waals surface area contributed by atoms with Crippen LogP contribution in [0.1, 0.15) is 35.6 Å². The number of urea groups is 1. The van der Waals surface area contributed by atoms with E-state index in [1.54, 1.807) is 4.90 Å². The third kappa shape index (κ3) is 2.89. The van der Waals surface area contributed by atoms with E-state index in [0.29, 0.717) is 24.0 Å². The van der Waals surface area contributed by atoms with Crippen molar-refractivity contribution < 1.29 is 13.6 Å². The first-order valence-corrected chi connectivity index (χ1v) is 8.97. The van der Waals surface area contributed by atoms with Crippen LogP contribution >= 0.6 is 23.2 Å². The van der Waals surface area contributed by atoms with Gasteiger partial charge in [-0.2, -0.15) is 9.65 Å². The van der Waals surface area contributed by atoms with E-state index in [1.807, 2.05) is 6.07 Å². The number of nitrogens with one attached hydrogen (secondary N) is 1. The predicted octanol–water partition coefficient (Wildman–Crippen LogP) is 4.83. The highest BCUT2D eigenvalue weighted by molar-refractivity contribution is 6.42. The molecule has 2 aromatic rings. The second-order valence-corrected chi connectivity index (χ2v) is 7.32. The zero-order chi connectivity index (χ0) is 19.3. The van der Waals surface area contributed by atoms with Crippen molar-refractivity contribution >= 4 is 34.9 Å². The molecule has 1 aromatic heterocycles. The van der Waals surface area contributed by atoms with Gasteiger partial charge >= 0.3 is 6.03 Å². The molecule has 9 heteroatoms. The van der Waals surface area contributed by atoms with Crippen molar-refractivity contribution in [1.29, 1.82) is 5.26 Å². The summed E-state index contributed by atoms with van der Waals surface area (Å²) in [5.74, 6) is -1.33. The van der Waals surface area contributed by atoms with Crippen LogP contribution in [0.15, 0.2) is 18.3 Å². The Kier molecular flexibility index (Phi) is 4.41. The number of fused-ring (bicyclic) bond motifs is 4. The van der Waals surface area contributed by atoms with E-state index < -0.39 is 23.8 Å². The molecule has 5 nitrogen and oxygen atoms in total. The highest BCUT2D eigenvalue weighted by atomic mass is 35.5. The summed E-state index contributed by atoms with van der Waals surface area (Å²) in [5.41, 5.74) is 1.02. The third-order valence-electron chi connectivity index (χ3n) is 5.05. The largest absolute Gasteiger partial charge is 0.322 e. The van der Waals surface area contributed by atoms with Crippen LogP contribution in [-0.2, 0) is 6.42 Å². The van der Waals surface area contributed by atoms with Gasteiger partial charge in [-0.1, -0.05) is 23.2 Å². The molecule has 2 aliphatic heterocycles. The highest BCUT2D eigenvalue weighted by Crippen LogP contribution is 2.45. The number of nitrogens with zero attached hydrogens (tertiary/aromatic N) is 3. The lowest BCUT2D eigenvalue weighted by Crippen LogP contribution is -2.45. The fourth-order valence-electron chi connectivity index (χ4n) is 3.91. The number of halogens is 4. The first-order chi connectivity index (χ1) is 12.9. The van der Waals surface area contributed by atoms with Crippen LogP contribution < -0.4 is 5.32 Å². The summed E-state index contributed by atoms with van der Waals surface area (Å²) in [6.07, 6.45) is 2.69. The molecule has 2 bridgehead atoms. The molecule has 1 fully saturated rings. The maximum atomic E-state index is 14.2. The SMILES string of the molecule is N#Cc1cnc(F)c2c1C1CCC(C2)N1C(=O)Nc1cc(Cl)c(Cl)cc1F. The van der Waals surface area contributed by atoms with E-state index in [0.717, 1.165) is 6.07 Å². The molecular formula is C18H12Cl2F2N4O.